The molecule has 8 nitrogen and oxygen atoms in total. The lowest BCUT2D eigenvalue weighted by molar-refractivity contribution is -0.140. The van der Waals surface area contributed by atoms with E-state index >= 15 is 0 Å². The Morgan fingerprint density at radius 1 is 1.11 bits per heavy atom. The third kappa shape index (κ3) is 3.90. The molecule has 2 aliphatic heterocycles. The number of aliphatic hydroxyl groups is 1. The summed E-state index contributed by atoms with van der Waals surface area (Å²) in [5.41, 5.74) is 2.03. The number of nitrogens with zero attached hydrogens (tertiary/aromatic N) is 1. The van der Waals surface area contributed by atoms with Crippen molar-refractivity contribution in [3.05, 3.63) is 82.8 Å². The number of hydrogen-bond donors (Lipinski definition) is 1. The van der Waals surface area contributed by atoms with Gasteiger partial charge in [-0.05, 0) is 59.5 Å². The maximum absolute atomic E-state index is 13.2. The first-order chi connectivity index (χ1) is 16.9. The van der Waals surface area contributed by atoms with Gasteiger partial charge in [-0.15, -0.1) is 0 Å². The van der Waals surface area contributed by atoms with Gasteiger partial charge in [-0.3, -0.25) is 9.59 Å². The number of ether oxygens (including phenoxy) is 3. The van der Waals surface area contributed by atoms with E-state index in [0.29, 0.717) is 28.6 Å². The number of likely N-dealkylation sites (tertiary alicyclic amines) is 1. The summed E-state index contributed by atoms with van der Waals surface area (Å²) in [6.45, 7) is 4.27. The van der Waals surface area contributed by atoms with Gasteiger partial charge in [0, 0.05) is 12.1 Å². The predicted octanol–water partition coefficient (Wildman–Crippen LogP) is 4.76. The van der Waals surface area contributed by atoms with Crippen molar-refractivity contribution in [2.75, 3.05) is 13.9 Å². The number of aliphatic hydroxyl groups excluding tert-OH is 1. The average Bonchev–Trinajstić information content (AvgIpc) is 3.60. The van der Waals surface area contributed by atoms with Crippen LogP contribution < -0.4 is 14.2 Å². The van der Waals surface area contributed by atoms with Crippen LogP contribution >= 0.6 is 0 Å². The highest BCUT2D eigenvalue weighted by Crippen LogP contribution is 2.42. The molecule has 180 valence electrons. The van der Waals surface area contributed by atoms with Gasteiger partial charge < -0.3 is 28.6 Å². The van der Waals surface area contributed by atoms with E-state index in [2.05, 4.69) is 0 Å². The zero-order valence-corrected chi connectivity index (χ0v) is 19.6. The summed E-state index contributed by atoms with van der Waals surface area (Å²) in [5.74, 6) is 0.627. The normalized spacial score (nSPS) is 18.5. The lowest BCUT2D eigenvalue weighted by Crippen LogP contribution is -2.29. The fourth-order valence-corrected chi connectivity index (χ4v) is 4.51. The molecule has 5 rings (SSSR count). The SMILES string of the molecule is COc1ccc(/C(O)=C2/C(=O)C(=O)N(Cc3ccc4c(c3)OCO4)C2c2ccco2)cc1C(C)C. The molecule has 0 saturated carbocycles. The van der Waals surface area contributed by atoms with Gasteiger partial charge in [-0.2, -0.15) is 0 Å². The maximum Gasteiger partial charge on any atom is 0.296 e. The van der Waals surface area contributed by atoms with Gasteiger partial charge in [0.25, 0.3) is 11.7 Å². The molecular formula is C27H25NO7. The van der Waals surface area contributed by atoms with E-state index in [9.17, 15) is 14.7 Å². The number of furan rings is 1. The lowest BCUT2D eigenvalue weighted by Gasteiger charge is -2.23. The number of benzene rings is 2. The van der Waals surface area contributed by atoms with Crippen molar-refractivity contribution in [1.82, 2.24) is 4.90 Å². The number of hydrogen-bond acceptors (Lipinski definition) is 7. The van der Waals surface area contributed by atoms with Gasteiger partial charge in [-0.1, -0.05) is 19.9 Å². The molecule has 1 fully saturated rings. The third-order valence-electron chi connectivity index (χ3n) is 6.27. The molecule has 1 aromatic heterocycles. The van der Waals surface area contributed by atoms with E-state index in [1.54, 1.807) is 49.6 Å². The van der Waals surface area contributed by atoms with Gasteiger partial charge in [0.15, 0.2) is 11.5 Å². The fourth-order valence-electron chi connectivity index (χ4n) is 4.51. The minimum atomic E-state index is -0.889. The van der Waals surface area contributed by atoms with E-state index in [0.717, 1.165) is 11.1 Å². The first kappa shape index (κ1) is 22.6. The van der Waals surface area contributed by atoms with Crippen molar-refractivity contribution in [2.24, 2.45) is 0 Å². The molecule has 1 amide bonds. The van der Waals surface area contributed by atoms with Crippen molar-refractivity contribution in [1.29, 1.82) is 0 Å². The standard InChI is InChI=1S/C27H25NO7/c1-15(2)18-12-17(7-9-19(18)32-3)25(29)23-24(21-5-4-10-33-21)28(27(31)26(23)30)13-16-6-8-20-22(11-16)35-14-34-20/h4-12,15,24,29H,13-14H2,1-3H3/b25-23-. The Labute approximate surface area is 202 Å². The Bertz CT molecular complexity index is 1320. The van der Waals surface area contributed by atoms with Crippen molar-refractivity contribution >= 4 is 17.4 Å². The van der Waals surface area contributed by atoms with Crippen LogP contribution in [0.2, 0.25) is 0 Å². The van der Waals surface area contributed by atoms with Crippen LogP contribution in [-0.2, 0) is 16.1 Å². The first-order valence-corrected chi connectivity index (χ1v) is 11.3. The number of methoxy groups -OCH3 is 1. The van der Waals surface area contributed by atoms with Gasteiger partial charge in [0.2, 0.25) is 6.79 Å². The van der Waals surface area contributed by atoms with Crippen molar-refractivity contribution < 1.29 is 33.3 Å². The largest absolute Gasteiger partial charge is 0.507 e. The Morgan fingerprint density at radius 2 is 1.91 bits per heavy atom. The van der Waals surface area contributed by atoms with E-state index < -0.39 is 17.7 Å². The molecule has 0 aliphatic carbocycles. The highest BCUT2D eigenvalue weighted by molar-refractivity contribution is 6.46. The van der Waals surface area contributed by atoms with E-state index in [-0.39, 0.29) is 30.6 Å². The second-order valence-corrected chi connectivity index (χ2v) is 8.74. The lowest BCUT2D eigenvalue weighted by atomic mass is 9.95. The van der Waals surface area contributed by atoms with Crippen molar-refractivity contribution in [2.45, 2.75) is 32.4 Å². The van der Waals surface area contributed by atoms with Crippen LogP contribution in [0.5, 0.6) is 17.2 Å². The molecule has 1 saturated heterocycles. The molecule has 3 heterocycles. The molecule has 1 unspecified atom stereocenters. The second kappa shape index (κ2) is 8.87. The average molecular weight is 475 g/mol. The van der Waals surface area contributed by atoms with Crippen LogP contribution in [0.3, 0.4) is 0 Å². The number of rotatable bonds is 6. The Morgan fingerprint density at radius 3 is 2.63 bits per heavy atom. The number of amides is 1. The van der Waals surface area contributed by atoms with E-state index in [1.165, 1.54) is 11.2 Å². The summed E-state index contributed by atoms with van der Waals surface area (Å²) in [7, 11) is 1.58. The molecule has 1 atom stereocenters. The topological polar surface area (TPSA) is 98.4 Å². The van der Waals surface area contributed by atoms with Crippen LogP contribution in [-0.4, -0.2) is 35.6 Å². The molecule has 1 N–H and O–H groups in total. The van der Waals surface area contributed by atoms with Crippen LogP contribution in [0.1, 0.15) is 48.3 Å². The molecule has 0 bridgehead atoms. The smallest absolute Gasteiger partial charge is 0.296 e. The van der Waals surface area contributed by atoms with E-state index in [1.807, 2.05) is 19.9 Å². The second-order valence-electron chi connectivity index (χ2n) is 8.74. The predicted molar refractivity (Wildman–Crippen MR) is 126 cm³/mol. The Balaban J connectivity index is 1.59. The minimum Gasteiger partial charge on any atom is -0.507 e. The van der Waals surface area contributed by atoms with Crippen molar-refractivity contribution in [3.63, 3.8) is 0 Å². The van der Waals surface area contributed by atoms with Gasteiger partial charge in [0.1, 0.15) is 23.3 Å². The molecule has 0 radical (unpaired) electrons. The van der Waals surface area contributed by atoms with Gasteiger partial charge >= 0.3 is 0 Å². The summed E-state index contributed by atoms with van der Waals surface area (Å²) in [5, 5.41) is 11.3. The number of ketones is 1. The number of Topliss-reactive ketones (excluding diaryl/α,β-unsaturated/α-hetero) is 1. The van der Waals surface area contributed by atoms with Crippen LogP contribution in [0, 0.1) is 0 Å². The minimum absolute atomic E-state index is 0.0226. The molecule has 2 aromatic carbocycles. The summed E-state index contributed by atoms with van der Waals surface area (Å²) in [6.07, 6.45) is 1.47. The van der Waals surface area contributed by atoms with E-state index in [4.69, 9.17) is 18.6 Å². The Kier molecular flexibility index (Phi) is 5.72. The molecule has 0 spiro atoms. The van der Waals surface area contributed by atoms with Crippen LogP contribution in [0.4, 0.5) is 0 Å². The van der Waals surface area contributed by atoms with Crippen LogP contribution in [0.15, 0.2) is 64.8 Å². The summed E-state index contributed by atoms with van der Waals surface area (Å²) in [6, 6.07) is 13.0. The fraction of sp³-hybridized carbons (Fsp3) is 0.259. The summed E-state index contributed by atoms with van der Waals surface area (Å²) in [4.78, 5) is 27.8. The zero-order chi connectivity index (χ0) is 24.7. The number of fused-ring (bicyclic) bond motifs is 1. The van der Waals surface area contributed by atoms with Crippen molar-refractivity contribution in [3.8, 4) is 17.2 Å². The first-order valence-electron chi connectivity index (χ1n) is 11.3. The van der Waals surface area contributed by atoms with Crippen LogP contribution in [0.25, 0.3) is 5.76 Å². The summed E-state index contributed by atoms with van der Waals surface area (Å²) >= 11 is 0. The summed E-state index contributed by atoms with van der Waals surface area (Å²) < 4.78 is 21.9. The highest BCUT2D eigenvalue weighted by atomic mass is 16.7. The monoisotopic (exact) mass is 475 g/mol. The molecule has 2 aliphatic rings. The molecule has 3 aromatic rings. The quantitative estimate of drug-likeness (QED) is 0.312. The number of carbonyl (C=O) groups is 2. The van der Waals surface area contributed by atoms with Gasteiger partial charge in [-0.25, -0.2) is 0 Å². The molecular weight excluding hydrogens is 450 g/mol. The molecule has 8 heteroatoms. The maximum atomic E-state index is 13.2. The molecule has 35 heavy (non-hydrogen) atoms. The Hall–Kier alpha value is -4.20. The highest BCUT2D eigenvalue weighted by Gasteiger charge is 2.47. The third-order valence-corrected chi connectivity index (χ3v) is 6.27. The van der Waals surface area contributed by atoms with Gasteiger partial charge in [0.05, 0.1) is 18.9 Å². The number of carbonyl (C=O) groups excluding carboxylic acids is 2. The zero-order valence-electron chi connectivity index (χ0n) is 19.6.